The number of aromatic nitrogens is 2. The van der Waals surface area contributed by atoms with Gasteiger partial charge in [0.15, 0.2) is 0 Å². The quantitative estimate of drug-likeness (QED) is 0.359. The van der Waals surface area contributed by atoms with Crippen LogP contribution >= 0.6 is 0 Å². The molecule has 9 heteroatoms. The van der Waals surface area contributed by atoms with Crippen LogP contribution in [0.15, 0.2) is 101 Å². The Morgan fingerprint density at radius 1 is 0.829 bits per heavy atom. The van der Waals surface area contributed by atoms with Crippen molar-refractivity contribution in [2.75, 3.05) is 13.2 Å². The number of nitrogens with one attached hydrogen (secondary N) is 1. The maximum atomic E-state index is 12.7. The van der Waals surface area contributed by atoms with Gasteiger partial charge in [0.25, 0.3) is 5.56 Å². The molecule has 0 atom stereocenters. The number of sulfonamides is 1. The van der Waals surface area contributed by atoms with Crippen LogP contribution in [0.3, 0.4) is 0 Å². The minimum Gasteiger partial charge on any atom is -0.494 e. The Bertz CT molecular complexity index is 1420. The Balaban J connectivity index is 1.39. The van der Waals surface area contributed by atoms with Gasteiger partial charge in [-0.25, -0.2) is 17.8 Å². The number of hydrogen-bond donors (Lipinski definition) is 1. The molecule has 0 saturated heterocycles. The fourth-order valence-corrected chi connectivity index (χ4v) is 4.35. The molecule has 35 heavy (non-hydrogen) atoms. The van der Waals surface area contributed by atoms with Gasteiger partial charge in [0.2, 0.25) is 10.0 Å². The summed E-state index contributed by atoms with van der Waals surface area (Å²) in [4.78, 5) is 12.3. The average Bonchev–Trinajstić information content (AvgIpc) is 2.87. The van der Waals surface area contributed by atoms with E-state index in [0.717, 1.165) is 11.3 Å². The van der Waals surface area contributed by atoms with E-state index < -0.39 is 10.0 Å². The van der Waals surface area contributed by atoms with Gasteiger partial charge in [-0.05, 0) is 73.7 Å². The highest BCUT2D eigenvalue weighted by Gasteiger charge is 2.14. The van der Waals surface area contributed by atoms with Crippen LogP contribution in [0, 0.1) is 0 Å². The molecule has 0 aliphatic carbocycles. The van der Waals surface area contributed by atoms with Crippen molar-refractivity contribution in [3.05, 3.63) is 101 Å². The van der Waals surface area contributed by atoms with Crippen molar-refractivity contribution in [1.29, 1.82) is 0 Å². The van der Waals surface area contributed by atoms with Gasteiger partial charge in [0, 0.05) is 18.2 Å². The molecule has 0 aliphatic heterocycles. The summed E-state index contributed by atoms with van der Waals surface area (Å²) in [5.41, 5.74) is 1.10. The first kappa shape index (κ1) is 24.2. The molecule has 0 unspecified atom stereocenters. The minimum atomic E-state index is -3.77. The van der Waals surface area contributed by atoms with Crippen molar-refractivity contribution >= 4 is 10.0 Å². The van der Waals surface area contributed by atoms with E-state index in [2.05, 4.69) is 9.82 Å². The molecule has 0 aliphatic rings. The van der Waals surface area contributed by atoms with Gasteiger partial charge in [-0.1, -0.05) is 18.2 Å². The molecule has 1 N–H and O–H groups in total. The van der Waals surface area contributed by atoms with Crippen molar-refractivity contribution in [3.63, 3.8) is 0 Å². The summed E-state index contributed by atoms with van der Waals surface area (Å²) in [6.45, 7) is 2.57. The fourth-order valence-electron chi connectivity index (χ4n) is 3.33. The summed E-state index contributed by atoms with van der Waals surface area (Å²) in [6.07, 6.45) is 0. The Hall–Kier alpha value is -3.95. The summed E-state index contributed by atoms with van der Waals surface area (Å²) >= 11 is 0. The zero-order valence-electron chi connectivity index (χ0n) is 19.1. The number of hydrogen-bond acceptors (Lipinski definition) is 6. The lowest BCUT2D eigenvalue weighted by Crippen LogP contribution is -2.32. The zero-order chi connectivity index (χ0) is 24.7. The first-order valence-electron chi connectivity index (χ1n) is 11.1. The van der Waals surface area contributed by atoms with E-state index in [1.54, 1.807) is 18.2 Å². The molecular weight excluding hydrogens is 466 g/mol. The van der Waals surface area contributed by atoms with Crippen molar-refractivity contribution in [1.82, 2.24) is 14.5 Å². The second-order valence-corrected chi connectivity index (χ2v) is 9.29. The molecule has 1 heterocycles. The standard InChI is InChI=1S/C26H25N3O5S/c1-2-33-21-10-8-20(9-11-21)25-16-17-26(30)29(28-25)19-18-27-35(31,32)24-14-12-23(13-15-24)34-22-6-4-3-5-7-22/h3-17,27H,2,18-19H2,1H3. The topological polar surface area (TPSA) is 99.5 Å². The molecule has 0 fully saturated rings. The van der Waals surface area contributed by atoms with Gasteiger partial charge in [-0.3, -0.25) is 4.79 Å². The Morgan fingerprint density at radius 2 is 1.49 bits per heavy atom. The molecule has 0 spiro atoms. The zero-order valence-corrected chi connectivity index (χ0v) is 19.9. The van der Waals surface area contributed by atoms with E-state index in [1.807, 2.05) is 61.5 Å². The third kappa shape index (κ3) is 6.34. The number of ether oxygens (including phenoxy) is 2. The maximum Gasteiger partial charge on any atom is 0.266 e. The molecule has 3 aromatic carbocycles. The van der Waals surface area contributed by atoms with Crippen LogP contribution in [-0.2, 0) is 16.6 Å². The molecule has 1 aromatic heterocycles. The van der Waals surface area contributed by atoms with Crippen LogP contribution in [0.25, 0.3) is 11.3 Å². The first-order chi connectivity index (χ1) is 16.9. The number of rotatable bonds is 10. The van der Waals surface area contributed by atoms with Crippen molar-refractivity contribution in [2.45, 2.75) is 18.4 Å². The van der Waals surface area contributed by atoms with Crippen molar-refractivity contribution in [2.24, 2.45) is 0 Å². The van der Waals surface area contributed by atoms with Crippen LogP contribution in [0.2, 0.25) is 0 Å². The SMILES string of the molecule is CCOc1ccc(-c2ccc(=O)n(CCNS(=O)(=O)c3ccc(Oc4ccccc4)cc3)n2)cc1. The largest absolute Gasteiger partial charge is 0.494 e. The summed E-state index contributed by atoms with van der Waals surface area (Å²) in [6, 6.07) is 25.8. The minimum absolute atomic E-state index is 0.00420. The summed E-state index contributed by atoms with van der Waals surface area (Å²) in [7, 11) is -3.77. The number of nitrogens with zero attached hydrogens (tertiary/aromatic N) is 2. The predicted molar refractivity (Wildman–Crippen MR) is 133 cm³/mol. The smallest absolute Gasteiger partial charge is 0.266 e. The summed E-state index contributed by atoms with van der Waals surface area (Å²) < 4.78 is 40.3. The van der Waals surface area contributed by atoms with Gasteiger partial charge >= 0.3 is 0 Å². The second-order valence-electron chi connectivity index (χ2n) is 7.52. The Kier molecular flexibility index (Phi) is 7.59. The van der Waals surface area contributed by atoms with E-state index in [0.29, 0.717) is 23.8 Å². The first-order valence-corrected chi connectivity index (χ1v) is 12.6. The maximum absolute atomic E-state index is 12.7. The van der Waals surface area contributed by atoms with E-state index in [-0.39, 0.29) is 23.5 Å². The molecule has 4 aromatic rings. The molecular formula is C26H25N3O5S. The van der Waals surface area contributed by atoms with Gasteiger partial charge in [0.1, 0.15) is 17.2 Å². The van der Waals surface area contributed by atoms with Crippen molar-refractivity contribution < 1.29 is 17.9 Å². The van der Waals surface area contributed by atoms with Crippen LogP contribution in [0.5, 0.6) is 17.2 Å². The predicted octanol–water partition coefficient (Wildman–Crippen LogP) is 4.08. The third-order valence-corrected chi connectivity index (χ3v) is 6.53. The highest BCUT2D eigenvalue weighted by molar-refractivity contribution is 7.89. The van der Waals surface area contributed by atoms with Crippen LogP contribution in [0.4, 0.5) is 0 Å². The fraction of sp³-hybridized carbons (Fsp3) is 0.154. The normalized spacial score (nSPS) is 11.2. The molecule has 180 valence electrons. The lowest BCUT2D eigenvalue weighted by atomic mass is 10.1. The van der Waals surface area contributed by atoms with Crippen LogP contribution in [0.1, 0.15) is 6.92 Å². The van der Waals surface area contributed by atoms with E-state index in [4.69, 9.17) is 9.47 Å². The lowest BCUT2D eigenvalue weighted by molar-refractivity contribution is 0.340. The molecule has 0 saturated carbocycles. The number of benzene rings is 3. The van der Waals surface area contributed by atoms with Crippen LogP contribution < -0.4 is 19.8 Å². The highest BCUT2D eigenvalue weighted by Crippen LogP contribution is 2.23. The van der Waals surface area contributed by atoms with Gasteiger partial charge < -0.3 is 9.47 Å². The van der Waals surface area contributed by atoms with Crippen LogP contribution in [-0.4, -0.2) is 31.3 Å². The molecule has 0 amide bonds. The monoisotopic (exact) mass is 491 g/mol. The van der Waals surface area contributed by atoms with Crippen molar-refractivity contribution in [3.8, 4) is 28.5 Å². The highest BCUT2D eigenvalue weighted by atomic mass is 32.2. The molecule has 0 radical (unpaired) electrons. The van der Waals surface area contributed by atoms with E-state index >= 15 is 0 Å². The van der Waals surface area contributed by atoms with E-state index in [1.165, 1.54) is 22.9 Å². The lowest BCUT2D eigenvalue weighted by Gasteiger charge is -2.10. The third-order valence-electron chi connectivity index (χ3n) is 5.06. The molecule has 0 bridgehead atoms. The average molecular weight is 492 g/mol. The van der Waals surface area contributed by atoms with Gasteiger partial charge in [-0.15, -0.1) is 0 Å². The second kappa shape index (κ2) is 11.0. The van der Waals surface area contributed by atoms with E-state index in [9.17, 15) is 13.2 Å². The Labute approximate surface area is 203 Å². The number of para-hydroxylation sites is 1. The van der Waals surface area contributed by atoms with Gasteiger partial charge in [0.05, 0.1) is 23.7 Å². The van der Waals surface area contributed by atoms with Gasteiger partial charge in [-0.2, -0.15) is 5.10 Å². The summed E-state index contributed by atoms with van der Waals surface area (Å²) in [5, 5.41) is 4.37. The molecule has 8 nitrogen and oxygen atoms in total. The Morgan fingerprint density at radius 3 is 2.17 bits per heavy atom. The molecule has 4 rings (SSSR count). The summed E-state index contributed by atoms with van der Waals surface area (Å²) in [5.74, 6) is 1.93.